The first-order valence-corrected chi connectivity index (χ1v) is 8.68. The van der Waals surface area contributed by atoms with Crippen LogP contribution in [0.25, 0.3) is 0 Å². The van der Waals surface area contributed by atoms with Gasteiger partial charge in [-0.2, -0.15) is 0 Å². The standard InChI is InChI=1S/C15H15BrN2O3S/c1-11-6-8-12(9-7-11)22(20,21)18(10-15(17)19)14-5-3-2-4-13(14)16/h2-9H,10H2,1H3,(H2,17,19). The highest BCUT2D eigenvalue weighted by Gasteiger charge is 2.27. The van der Waals surface area contributed by atoms with Crippen molar-refractivity contribution in [3.8, 4) is 0 Å². The minimum absolute atomic E-state index is 0.107. The summed E-state index contributed by atoms with van der Waals surface area (Å²) in [5.74, 6) is -0.730. The molecule has 0 fully saturated rings. The first-order chi connectivity index (χ1) is 10.3. The van der Waals surface area contributed by atoms with Gasteiger partial charge in [0.15, 0.2) is 0 Å². The van der Waals surface area contributed by atoms with Crippen LogP contribution in [0.1, 0.15) is 5.56 Å². The summed E-state index contributed by atoms with van der Waals surface area (Å²) >= 11 is 3.31. The van der Waals surface area contributed by atoms with Gasteiger partial charge >= 0.3 is 0 Å². The largest absolute Gasteiger partial charge is 0.368 e. The van der Waals surface area contributed by atoms with Crippen LogP contribution in [0.3, 0.4) is 0 Å². The highest BCUT2D eigenvalue weighted by Crippen LogP contribution is 2.30. The summed E-state index contributed by atoms with van der Waals surface area (Å²) in [6.45, 7) is 1.43. The Morgan fingerprint density at radius 2 is 1.73 bits per heavy atom. The van der Waals surface area contributed by atoms with Crippen LogP contribution >= 0.6 is 15.9 Å². The summed E-state index contributed by atoms with van der Waals surface area (Å²) in [7, 11) is -3.89. The predicted octanol–water partition coefficient (Wildman–Crippen LogP) is 2.44. The van der Waals surface area contributed by atoms with Crippen LogP contribution < -0.4 is 10.0 Å². The smallest absolute Gasteiger partial charge is 0.264 e. The van der Waals surface area contributed by atoms with Crippen LogP contribution in [0, 0.1) is 6.92 Å². The molecule has 0 aromatic heterocycles. The van der Waals surface area contributed by atoms with Gasteiger partial charge in [-0.15, -0.1) is 0 Å². The number of anilines is 1. The van der Waals surface area contributed by atoms with E-state index in [4.69, 9.17) is 5.73 Å². The van der Waals surface area contributed by atoms with Crippen LogP contribution in [0.2, 0.25) is 0 Å². The normalized spacial score (nSPS) is 11.2. The van der Waals surface area contributed by atoms with Crippen molar-refractivity contribution in [3.05, 3.63) is 58.6 Å². The maximum Gasteiger partial charge on any atom is 0.264 e. The number of carbonyl (C=O) groups is 1. The number of hydrogen-bond donors (Lipinski definition) is 1. The molecule has 0 spiro atoms. The van der Waals surface area contributed by atoms with Gasteiger partial charge in [-0.3, -0.25) is 9.10 Å². The number of sulfonamides is 1. The molecule has 0 bridgehead atoms. The summed E-state index contributed by atoms with van der Waals surface area (Å²) in [6, 6.07) is 13.2. The second kappa shape index (κ2) is 6.50. The summed E-state index contributed by atoms with van der Waals surface area (Å²) in [4.78, 5) is 11.4. The van der Waals surface area contributed by atoms with E-state index in [-0.39, 0.29) is 4.90 Å². The molecule has 0 aliphatic carbocycles. The first kappa shape index (κ1) is 16.5. The zero-order valence-electron chi connectivity index (χ0n) is 11.9. The molecule has 2 N–H and O–H groups in total. The van der Waals surface area contributed by atoms with E-state index in [1.54, 1.807) is 36.4 Å². The van der Waals surface area contributed by atoms with E-state index in [1.807, 2.05) is 6.92 Å². The third kappa shape index (κ3) is 3.48. The van der Waals surface area contributed by atoms with Gasteiger partial charge in [0.25, 0.3) is 10.0 Å². The number of amides is 1. The quantitative estimate of drug-likeness (QED) is 0.861. The fourth-order valence-electron chi connectivity index (χ4n) is 1.93. The Kier molecular flexibility index (Phi) is 4.87. The molecular formula is C15H15BrN2O3S. The molecule has 2 aromatic carbocycles. The Hall–Kier alpha value is -1.86. The molecule has 0 radical (unpaired) electrons. The molecule has 2 aromatic rings. The average molecular weight is 383 g/mol. The van der Waals surface area contributed by atoms with Crippen molar-refractivity contribution in [1.29, 1.82) is 0 Å². The number of nitrogens with two attached hydrogens (primary N) is 1. The molecule has 2 rings (SSSR count). The molecule has 0 saturated carbocycles. The Morgan fingerprint density at radius 3 is 2.27 bits per heavy atom. The van der Waals surface area contributed by atoms with Gasteiger partial charge in [-0.05, 0) is 47.1 Å². The van der Waals surface area contributed by atoms with Crippen molar-refractivity contribution in [2.45, 2.75) is 11.8 Å². The van der Waals surface area contributed by atoms with Gasteiger partial charge in [0, 0.05) is 4.47 Å². The van der Waals surface area contributed by atoms with E-state index in [0.29, 0.717) is 10.2 Å². The second-order valence-electron chi connectivity index (χ2n) is 4.74. The number of nitrogens with zero attached hydrogens (tertiary/aromatic N) is 1. The molecule has 116 valence electrons. The van der Waals surface area contributed by atoms with Crippen molar-refractivity contribution in [2.75, 3.05) is 10.8 Å². The number of benzene rings is 2. The van der Waals surface area contributed by atoms with Gasteiger partial charge in [0.2, 0.25) is 5.91 Å². The molecule has 0 heterocycles. The Labute approximate surface area is 137 Å². The van der Waals surface area contributed by atoms with E-state index < -0.39 is 22.5 Å². The van der Waals surface area contributed by atoms with Crippen molar-refractivity contribution >= 4 is 37.5 Å². The lowest BCUT2D eigenvalue weighted by Gasteiger charge is -2.24. The van der Waals surface area contributed by atoms with E-state index >= 15 is 0 Å². The molecule has 0 aliphatic rings. The Bertz CT molecular complexity index is 789. The maximum atomic E-state index is 12.8. The minimum Gasteiger partial charge on any atom is -0.368 e. The van der Waals surface area contributed by atoms with Crippen LogP contribution in [-0.4, -0.2) is 20.9 Å². The maximum absolute atomic E-state index is 12.8. The summed E-state index contributed by atoms with van der Waals surface area (Å²) in [5, 5.41) is 0. The highest BCUT2D eigenvalue weighted by molar-refractivity contribution is 9.10. The number of primary amides is 1. The first-order valence-electron chi connectivity index (χ1n) is 6.44. The van der Waals surface area contributed by atoms with Crippen LogP contribution in [-0.2, 0) is 14.8 Å². The highest BCUT2D eigenvalue weighted by atomic mass is 79.9. The Morgan fingerprint density at radius 1 is 1.14 bits per heavy atom. The molecule has 1 amide bonds. The Balaban J connectivity index is 2.56. The lowest BCUT2D eigenvalue weighted by atomic mass is 10.2. The number of aryl methyl sites for hydroxylation is 1. The van der Waals surface area contributed by atoms with Crippen molar-refractivity contribution in [1.82, 2.24) is 0 Å². The fraction of sp³-hybridized carbons (Fsp3) is 0.133. The molecule has 7 heteroatoms. The topological polar surface area (TPSA) is 80.5 Å². The number of rotatable bonds is 5. The average Bonchev–Trinajstić information content (AvgIpc) is 2.46. The number of para-hydroxylation sites is 1. The summed E-state index contributed by atoms with van der Waals surface area (Å²) in [5.41, 5.74) is 6.53. The van der Waals surface area contributed by atoms with E-state index in [0.717, 1.165) is 9.87 Å². The van der Waals surface area contributed by atoms with Crippen LogP contribution in [0.15, 0.2) is 57.9 Å². The van der Waals surface area contributed by atoms with E-state index in [9.17, 15) is 13.2 Å². The van der Waals surface area contributed by atoms with Gasteiger partial charge in [0.1, 0.15) is 6.54 Å². The van der Waals surface area contributed by atoms with Gasteiger partial charge < -0.3 is 5.73 Å². The number of hydrogen-bond acceptors (Lipinski definition) is 3. The monoisotopic (exact) mass is 382 g/mol. The molecule has 0 saturated heterocycles. The van der Waals surface area contributed by atoms with E-state index in [2.05, 4.69) is 15.9 Å². The molecular weight excluding hydrogens is 368 g/mol. The fourth-order valence-corrected chi connectivity index (χ4v) is 4.00. The van der Waals surface area contributed by atoms with Gasteiger partial charge in [-0.1, -0.05) is 29.8 Å². The zero-order chi connectivity index (χ0) is 16.3. The molecule has 5 nitrogen and oxygen atoms in total. The number of carbonyl (C=O) groups excluding carboxylic acids is 1. The van der Waals surface area contributed by atoms with Crippen LogP contribution in [0.4, 0.5) is 5.69 Å². The second-order valence-corrected chi connectivity index (χ2v) is 7.46. The lowest BCUT2D eigenvalue weighted by molar-refractivity contribution is -0.116. The van der Waals surface area contributed by atoms with Gasteiger partial charge in [-0.25, -0.2) is 8.42 Å². The summed E-state index contributed by atoms with van der Waals surface area (Å²) in [6.07, 6.45) is 0. The van der Waals surface area contributed by atoms with Gasteiger partial charge in [0.05, 0.1) is 10.6 Å². The van der Waals surface area contributed by atoms with Crippen molar-refractivity contribution in [2.24, 2.45) is 5.73 Å². The minimum atomic E-state index is -3.89. The van der Waals surface area contributed by atoms with Crippen molar-refractivity contribution in [3.63, 3.8) is 0 Å². The number of halogens is 1. The third-order valence-corrected chi connectivity index (χ3v) is 5.47. The SMILES string of the molecule is Cc1ccc(S(=O)(=O)N(CC(N)=O)c2ccccc2Br)cc1. The zero-order valence-corrected chi connectivity index (χ0v) is 14.3. The van der Waals surface area contributed by atoms with E-state index in [1.165, 1.54) is 12.1 Å². The van der Waals surface area contributed by atoms with Crippen LogP contribution in [0.5, 0.6) is 0 Å². The summed E-state index contributed by atoms with van der Waals surface area (Å²) < 4.78 is 27.2. The lowest BCUT2D eigenvalue weighted by Crippen LogP contribution is -2.38. The molecule has 0 atom stereocenters. The van der Waals surface area contributed by atoms with Crippen molar-refractivity contribution < 1.29 is 13.2 Å². The molecule has 0 unspecified atom stereocenters. The molecule has 0 aliphatic heterocycles. The third-order valence-electron chi connectivity index (χ3n) is 3.03. The predicted molar refractivity (Wildman–Crippen MR) is 89.0 cm³/mol. The molecule has 22 heavy (non-hydrogen) atoms.